The number of thioether (sulfide) groups is 1. The van der Waals surface area contributed by atoms with E-state index < -0.39 is 6.04 Å². The molecule has 0 spiro atoms. The molecule has 4 nitrogen and oxygen atoms in total. The van der Waals surface area contributed by atoms with Crippen LogP contribution >= 0.6 is 35.0 Å². The van der Waals surface area contributed by atoms with Crippen LogP contribution in [0.3, 0.4) is 0 Å². The molecule has 0 heterocycles. The summed E-state index contributed by atoms with van der Waals surface area (Å²) in [6.45, 7) is 4.62. The van der Waals surface area contributed by atoms with Gasteiger partial charge < -0.3 is 10.2 Å². The maximum Gasteiger partial charge on any atom is 0.242 e. The molecule has 29 heavy (non-hydrogen) atoms. The highest BCUT2D eigenvalue weighted by atomic mass is 35.5. The molecular weight excluding hydrogens is 427 g/mol. The Bertz CT molecular complexity index is 818. The Morgan fingerprint density at radius 1 is 1.07 bits per heavy atom. The van der Waals surface area contributed by atoms with E-state index in [1.807, 2.05) is 43.3 Å². The second kappa shape index (κ2) is 12.1. The summed E-state index contributed by atoms with van der Waals surface area (Å²) in [5.74, 6) is 0.787. The van der Waals surface area contributed by atoms with Gasteiger partial charge in [0.1, 0.15) is 6.04 Å². The highest BCUT2D eigenvalue weighted by Crippen LogP contribution is 2.24. The van der Waals surface area contributed by atoms with Gasteiger partial charge in [0.05, 0.1) is 15.8 Å². The van der Waals surface area contributed by atoms with E-state index in [1.165, 1.54) is 11.8 Å². The van der Waals surface area contributed by atoms with Gasteiger partial charge in [-0.15, -0.1) is 11.8 Å². The molecule has 2 aromatic rings. The summed E-state index contributed by atoms with van der Waals surface area (Å²) in [4.78, 5) is 27.1. The number of carbonyl (C=O) groups excluding carboxylic acids is 2. The van der Waals surface area contributed by atoms with Crippen LogP contribution in [0.2, 0.25) is 10.0 Å². The third-order valence-electron chi connectivity index (χ3n) is 4.39. The molecule has 0 saturated carbocycles. The Morgan fingerprint density at radius 2 is 1.79 bits per heavy atom. The molecule has 2 amide bonds. The molecule has 7 heteroatoms. The first-order chi connectivity index (χ1) is 13.9. The summed E-state index contributed by atoms with van der Waals surface area (Å²) in [7, 11) is 0. The summed E-state index contributed by atoms with van der Waals surface area (Å²) in [6.07, 6.45) is 0.839. The average Bonchev–Trinajstić information content (AvgIpc) is 2.72. The van der Waals surface area contributed by atoms with Crippen molar-refractivity contribution in [2.45, 2.75) is 38.6 Å². The highest BCUT2D eigenvalue weighted by molar-refractivity contribution is 7.99. The lowest BCUT2D eigenvalue weighted by molar-refractivity contribution is -0.138. The van der Waals surface area contributed by atoms with E-state index in [9.17, 15) is 9.59 Å². The van der Waals surface area contributed by atoms with E-state index in [-0.39, 0.29) is 11.8 Å². The molecule has 0 aliphatic carbocycles. The minimum atomic E-state index is -0.583. The molecule has 0 aliphatic heterocycles. The Hall–Kier alpha value is -1.69. The van der Waals surface area contributed by atoms with Crippen LogP contribution in [-0.4, -0.2) is 35.1 Å². The number of rotatable bonds is 10. The molecule has 0 unspecified atom stereocenters. The van der Waals surface area contributed by atoms with Gasteiger partial charge in [0.25, 0.3) is 0 Å². The topological polar surface area (TPSA) is 49.4 Å². The fourth-order valence-electron chi connectivity index (χ4n) is 2.73. The van der Waals surface area contributed by atoms with Gasteiger partial charge in [-0.05, 0) is 36.6 Å². The summed E-state index contributed by atoms with van der Waals surface area (Å²) < 4.78 is 0. The van der Waals surface area contributed by atoms with Crippen molar-refractivity contribution < 1.29 is 9.59 Å². The lowest BCUT2D eigenvalue weighted by atomic mass is 10.1. The first-order valence-corrected chi connectivity index (χ1v) is 11.5. The number of hydrogen-bond acceptors (Lipinski definition) is 3. The molecule has 156 valence electrons. The predicted octanol–water partition coefficient (Wildman–Crippen LogP) is 5.17. The number of benzene rings is 2. The van der Waals surface area contributed by atoms with Crippen molar-refractivity contribution in [1.29, 1.82) is 0 Å². The van der Waals surface area contributed by atoms with Crippen LogP contribution in [0.5, 0.6) is 0 Å². The van der Waals surface area contributed by atoms with Crippen LogP contribution in [0.4, 0.5) is 0 Å². The monoisotopic (exact) mass is 452 g/mol. The van der Waals surface area contributed by atoms with Crippen molar-refractivity contribution in [3.8, 4) is 0 Å². The second-order valence-electron chi connectivity index (χ2n) is 6.72. The number of halogens is 2. The second-order valence-corrected chi connectivity index (χ2v) is 8.52. The molecule has 0 bridgehead atoms. The van der Waals surface area contributed by atoms with Crippen LogP contribution in [0, 0.1) is 0 Å². The van der Waals surface area contributed by atoms with Gasteiger partial charge in [0.2, 0.25) is 11.8 Å². The fourth-order valence-corrected chi connectivity index (χ4v) is 3.92. The molecule has 0 fully saturated rings. The lowest BCUT2D eigenvalue weighted by Crippen LogP contribution is -2.48. The number of carbonyl (C=O) groups is 2. The van der Waals surface area contributed by atoms with Crippen molar-refractivity contribution in [2.24, 2.45) is 0 Å². The van der Waals surface area contributed by atoms with E-state index in [2.05, 4.69) is 5.32 Å². The van der Waals surface area contributed by atoms with Gasteiger partial charge in [-0.2, -0.15) is 0 Å². The van der Waals surface area contributed by atoms with Crippen molar-refractivity contribution in [2.75, 3.05) is 12.3 Å². The fraction of sp³-hybridized carbons (Fsp3) is 0.364. The predicted molar refractivity (Wildman–Crippen MR) is 122 cm³/mol. The maximum absolute atomic E-state index is 13.0. The number of hydrogen-bond donors (Lipinski definition) is 1. The van der Waals surface area contributed by atoms with E-state index in [0.29, 0.717) is 28.9 Å². The highest BCUT2D eigenvalue weighted by Gasteiger charge is 2.26. The third-order valence-corrected chi connectivity index (χ3v) is 6.12. The largest absolute Gasteiger partial charge is 0.354 e. The van der Waals surface area contributed by atoms with Gasteiger partial charge in [0, 0.05) is 18.8 Å². The zero-order valence-electron chi connectivity index (χ0n) is 16.7. The van der Waals surface area contributed by atoms with Crippen molar-refractivity contribution in [3.63, 3.8) is 0 Å². The first kappa shape index (κ1) is 23.6. The summed E-state index contributed by atoms with van der Waals surface area (Å²) in [6, 6.07) is 14.7. The van der Waals surface area contributed by atoms with Gasteiger partial charge in [0.15, 0.2) is 0 Å². The van der Waals surface area contributed by atoms with Gasteiger partial charge in [-0.1, -0.05) is 66.5 Å². The van der Waals surface area contributed by atoms with Crippen molar-refractivity contribution in [3.05, 3.63) is 69.7 Å². The zero-order valence-corrected chi connectivity index (χ0v) is 19.0. The Kier molecular flexibility index (Phi) is 9.85. The average molecular weight is 453 g/mol. The van der Waals surface area contributed by atoms with E-state index >= 15 is 0 Å². The first-order valence-electron chi connectivity index (χ1n) is 9.55. The van der Waals surface area contributed by atoms with Crippen molar-refractivity contribution >= 4 is 46.8 Å². The van der Waals surface area contributed by atoms with Crippen LogP contribution in [-0.2, 0) is 21.9 Å². The molecule has 0 radical (unpaired) electrons. The van der Waals surface area contributed by atoms with E-state index in [4.69, 9.17) is 23.2 Å². The molecular formula is C22H26Cl2N2O2S. The molecule has 1 atom stereocenters. The summed E-state index contributed by atoms with van der Waals surface area (Å²) >= 11 is 13.7. The summed E-state index contributed by atoms with van der Waals surface area (Å²) in [5.41, 5.74) is 1.99. The Balaban J connectivity index is 2.08. The number of nitrogens with zero attached hydrogens (tertiary/aromatic N) is 1. The van der Waals surface area contributed by atoms with Gasteiger partial charge in [-0.25, -0.2) is 0 Å². The quantitative estimate of drug-likeness (QED) is 0.540. The van der Waals surface area contributed by atoms with Crippen LogP contribution < -0.4 is 5.32 Å². The van der Waals surface area contributed by atoms with Crippen LogP contribution in [0.1, 0.15) is 31.4 Å². The lowest BCUT2D eigenvalue weighted by Gasteiger charge is -2.29. The summed E-state index contributed by atoms with van der Waals surface area (Å²) in [5, 5.41) is 3.76. The van der Waals surface area contributed by atoms with Gasteiger partial charge in [-0.3, -0.25) is 9.59 Å². The standard InChI is InChI=1S/C22H26Cl2N2O2S/c1-3-11-25-22(28)16(2)26(13-18-9-10-19(23)20(24)12-18)21(27)15-29-14-17-7-5-4-6-8-17/h4-10,12,16H,3,11,13-15H2,1-2H3,(H,25,28)/t16-/m1/s1. The molecule has 0 aromatic heterocycles. The third kappa shape index (κ3) is 7.57. The van der Waals surface area contributed by atoms with Crippen molar-refractivity contribution in [1.82, 2.24) is 10.2 Å². The minimum absolute atomic E-state index is 0.0869. The smallest absolute Gasteiger partial charge is 0.242 e. The molecule has 0 saturated heterocycles. The molecule has 0 aliphatic rings. The van der Waals surface area contributed by atoms with Crippen LogP contribution in [0.15, 0.2) is 48.5 Å². The Morgan fingerprint density at radius 3 is 2.45 bits per heavy atom. The normalized spacial score (nSPS) is 11.7. The van der Waals surface area contributed by atoms with E-state index in [1.54, 1.807) is 24.0 Å². The van der Waals surface area contributed by atoms with Gasteiger partial charge >= 0.3 is 0 Å². The molecule has 2 rings (SSSR count). The number of amides is 2. The Labute approximate surface area is 187 Å². The van der Waals surface area contributed by atoms with Crippen LogP contribution in [0.25, 0.3) is 0 Å². The zero-order chi connectivity index (χ0) is 21.2. The molecule has 1 N–H and O–H groups in total. The SMILES string of the molecule is CCCNC(=O)[C@@H](C)N(Cc1ccc(Cl)c(Cl)c1)C(=O)CSCc1ccccc1. The molecule has 2 aromatic carbocycles. The van der Waals surface area contributed by atoms with E-state index in [0.717, 1.165) is 23.3 Å². The minimum Gasteiger partial charge on any atom is -0.354 e. The maximum atomic E-state index is 13.0. The number of nitrogens with one attached hydrogen (secondary N) is 1.